The molecule has 0 amide bonds. The largest absolute Gasteiger partial charge is 0.469 e. The fourth-order valence-electron chi connectivity index (χ4n) is 1.68. The van der Waals surface area contributed by atoms with Gasteiger partial charge in [0.25, 0.3) is 0 Å². The number of rotatable bonds is 2. The second-order valence-corrected chi connectivity index (χ2v) is 5.64. The first kappa shape index (κ1) is 11.0. The van der Waals surface area contributed by atoms with E-state index in [2.05, 4.69) is 0 Å². The van der Waals surface area contributed by atoms with Crippen LogP contribution in [0.5, 0.6) is 0 Å². The molecule has 0 aliphatic heterocycles. The molecule has 0 fully saturated rings. The Kier molecular flexibility index (Phi) is 2.59. The first-order chi connectivity index (χ1) is 7.50. The molecule has 0 atom stereocenters. The Bertz CT molecular complexity index is 609. The minimum atomic E-state index is -3.22. The first-order valence-electron chi connectivity index (χ1n) is 4.83. The molecular formula is C12H12O3S. The highest BCUT2D eigenvalue weighted by atomic mass is 32.2. The molecule has 1 heterocycles. The van der Waals surface area contributed by atoms with Gasteiger partial charge in [0, 0.05) is 17.4 Å². The highest BCUT2D eigenvalue weighted by molar-refractivity contribution is 7.90. The van der Waals surface area contributed by atoms with E-state index in [-0.39, 0.29) is 0 Å². The summed E-state index contributed by atoms with van der Waals surface area (Å²) in [5.41, 5.74) is 1.51. The molecule has 0 unspecified atom stereocenters. The lowest BCUT2D eigenvalue weighted by Gasteiger charge is -2.06. The van der Waals surface area contributed by atoms with Gasteiger partial charge in [-0.25, -0.2) is 8.42 Å². The van der Waals surface area contributed by atoms with Crippen LogP contribution < -0.4 is 0 Å². The number of aryl methyl sites for hydroxylation is 1. The van der Waals surface area contributed by atoms with E-state index in [4.69, 9.17) is 4.42 Å². The molecule has 0 saturated carbocycles. The number of furan rings is 1. The van der Waals surface area contributed by atoms with Crippen molar-refractivity contribution in [3.63, 3.8) is 0 Å². The van der Waals surface area contributed by atoms with Crippen LogP contribution in [0.4, 0.5) is 0 Å². The predicted molar refractivity (Wildman–Crippen MR) is 62.0 cm³/mol. The Morgan fingerprint density at radius 3 is 2.31 bits per heavy atom. The van der Waals surface area contributed by atoms with Crippen LogP contribution >= 0.6 is 0 Å². The van der Waals surface area contributed by atoms with Crippen LogP contribution in [-0.2, 0) is 9.84 Å². The van der Waals surface area contributed by atoms with E-state index in [1.165, 1.54) is 6.26 Å². The van der Waals surface area contributed by atoms with Gasteiger partial charge in [0.2, 0.25) is 0 Å². The van der Waals surface area contributed by atoms with Crippen molar-refractivity contribution in [3.8, 4) is 11.1 Å². The summed E-state index contributed by atoms with van der Waals surface area (Å²) in [5.74, 6) is 0.719. The highest BCUT2D eigenvalue weighted by Gasteiger charge is 2.15. The predicted octanol–water partition coefficient (Wildman–Crippen LogP) is 2.66. The molecule has 0 N–H and O–H groups in total. The second-order valence-electron chi connectivity index (χ2n) is 3.66. The summed E-state index contributed by atoms with van der Waals surface area (Å²) in [6.07, 6.45) is 2.77. The Morgan fingerprint density at radius 1 is 1.06 bits per heavy atom. The van der Waals surface area contributed by atoms with Crippen LogP contribution in [0.1, 0.15) is 5.76 Å². The molecule has 0 radical (unpaired) electrons. The molecule has 0 saturated heterocycles. The Labute approximate surface area is 94.6 Å². The fourth-order valence-corrected chi connectivity index (χ4v) is 2.58. The van der Waals surface area contributed by atoms with E-state index < -0.39 is 9.84 Å². The molecule has 0 aliphatic carbocycles. The molecule has 1 aromatic heterocycles. The van der Waals surface area contributed by atoms with Crippen LogP contribution in [0.3, 0.4) is 0 Å². The van der Waals surface area contributed by atoms with E-state index in [0.717, 1.165) is 11.3 Å². The topological polar surface area (TPSA) is 47.3 Å². The summed E-state index contributed by atoms with van der Waals surface area (Å²) >= 11 is 0. The van der Waals surface area contributed by atoms with Crippen LogP contribution in [0.25, 0.3) is 11.1 Å². The van der Waals surface area contributed by atoms with Crippen molar-refractivity contribution < 1.29 is 12.8 Å². The SMILES string of the molecule is Cc1occc1-c1ccccc1S(C)(=O)=O. The van der Waals surface area contributed by atoms with E-state index in [1.54, 1.807) is 30.5 Å². The molecule has 0 aliphatic rings. The monoisotopic (exact) mass is 236 g/mol. The van der Waals surface area contributed by atoms with Crippen LogP contribution in [0, 0.1) is 6.92 Å². The van der Waals surface area contributed by atoms with Crippen molar-refractivity contribution in [3.05, 3.63) is 42.4 Å². The van der Waals surface area contributed by atoms with Gasteiger partial charge in [-0.05, 0) is 19.1 Å². The minimum Gasteiger partial charge on any atom is -0.469 e. The summed E-state index contributed by atoms with van der Waals surface area (Å²) in [6, 6.07) is 8.70. The van der Waals surface area contributed by atoms with Gasteiger partial charge in [0.05, 0.1) is 11.2 Å². The van der Waals surface area contributed by atoms with E-state index >= 15 is 0 Å². The molecule has 16 heavy (non-hydrogen) atoms. The average molecular weight is 236 g/mol. The molecule has 84 valence electrons. The smallest absolute Gasteiger partial charge is 0.176 e. The van der Waals surface area contributed by atoms with Gasteiger partial charge in [-0.3, -0.25) is 0 Å². The number of sulfone groups is 1. The molecule has 1 aromatic carbocycles. The minimum absolute atomic E-state index is 0.333. The lowest BCUT2D eigenvalue weighted by atomic mass is 10.1. The summed E-state index contributed by atoms with van der Waals surface area (Å²) in [6.45, 7) is 1.81. The fraction of sp³-hybridized carbons (Fsp3) is 0.167. The zero-order valence-corrected chi connectivity index (χ0v) is 9.91. The zero-order chi connectivity index (χ0) is 11.8. The lowest BCUT2D eigenvalue weighted by molar-refractivity contribution is 0.535. The maximum Gasteiger partial charge on any atom is 0.176 e. The van der Waals surface area contributed by atoms with Gasteiger partial charge in [0.15, 0.2) is 9.84 Å². The maximum absolute atomic E-state index is 11.6. The van der Waals surface area contributed by atoms with Gasteiger partial charge in [-0.2, -0.15) is 0 Å². The molecule has 4 heteroatoms. The Morgan fingerprint density at radius 2 is 1.75 bits per heavy atom. The summed E-state index contributed by atoms with van der Waals surface area (Å²) in [5, 5.41) is 0. The van der Waals surface area contributed by atoms with Crippen LogP contribution in [-0.4, -0.2) is 14.7 Å². The van der Waals surface area contributed by atoms with Crippen molar-refractivity contribution in [2.24, 2.45) is 0 Å². The Balaban J connectivity index is 2.72. The summed E-state index contributed by atoms with van der Waals surface area (Å²) < 4.78 is 28.5. The third-order valence-electron chi connectivity index (χ3n) is 2.44. The van der Waals surface area contributed by atoms with Crippen LogP contribution in [0.2, 0.25) is 0 Å². The second kappa shape index (κ2) is 3.79. The average Bonchev–Trinajstić information content (AvgIpc) is 2.63. The summed E-state index contributed by atoms with van der Waals surface area (Å²) in [4.78, 5) is 0.333. The van der Waals surface area contributed by atoms with Crippen molar-refractivity contribution in [1.82, 2.24) is 0 Å². The lowest BCUT2D eigenvalue weighted by Crippen LogP contribution is -1.99. The van der Waals surface area contributed by atoms with Crippen molar-refractivity contribution in [2.45, 2.75) is 11.8 Å². The van der Waals surface area contributed by atoms with E-state index in [1.807, 2.05) is 13.0 Å². The van der Waals surface area contributed by atoms with Crippen LogP contribution in [0.15, 0.2) is 45.9 Å². The van der Waals surface area contributed by atoms with Gasteiger partial charge in [-0.15, -0.1) is 0 Å². The van der Waals surface area contributed by atoms with Crippen molar-refractivity contribution in [2.75, 3.05) is 6.26 Å². The van der Waals surface area contributed by atoms with Gasteiger partial charge >= 0.3 is 0 Å². The number of benzene rings is 1. The molecule has 2 rings (SSSR count). The molecule has 0 bridgehead atoms. The highest BCUT2D eigenvalue weighted by Crippen LogP contribution is 2.30. The van der Waals surface area contributed by atoms with E-state index in [9.17, 15) is 8.42 Å². The van der Waals surface area contributed by atoms with Gasteiger partial charge < -0.3 is 4.42 Å². The molecule has 0 spiro atoms. The molecule has 2 aromatic rings. The number of hydrogen-bond donors (Lipinski definition) is 0. The number of hydrogen-bond acceptors (Lipinski definition) is 3. The van der Waals surface area contributed by atoms with Crippen molar-refractivity contribution >= 4 is 9.84 Å². The maximum atomic E-state index is 11.6. The van der Waals surface area contributed by atoms with E-state index in [0.29, 0.717) is 10.5 Å². The van der Waals surface area contributed by atoms with Gasteiger partial charge in [0.1, 0.15) is 5.76 Å². The summed E-state index contributed by atoms with van der Waals surface area (Å²) in [7, 11) is -3.22. The first-order valence-corrected chi connectivity index (χ1v) is 6.73. The zero-order valence-electron chi connectivity index (χ0n) is 9.10. The normalized spacial score (nSPS) is 11.6. The van der Waals surface area contributed by atoms with Crippen molar-refractivity contribution in [1.29, 1.82) is 0 Å². The molecular weight excluding hydrogens is 224 g/mol. The third kappa shape index (κ3) is 1.88. The molecule has 3 nitrogen and oxygen atoms in total. The van der Waals surface area contributed by atoms with Gasteiger partial charge in [-0.1, -0.05) is 18.2 Å². The standard InChI is InChI=1S/C12H12O3S/c1-9-10(7-8-15-9)11-5-3-4-6-12(11)16(2,13)14/h3-8H,1-2H3. The third-order valence-corrected chi connectivity index (χ3v) is 3.59. The Hall–Kier alpha value is -1.55. The quantitative estimate of drug-likeness (QED) is 0.805.